The number of imidazole rings is 1. The van der Waals surface area contributed by atoms with Crippen LogP contribution in [0.4, 0.5) is 0 Å². The van der Waals surface area contributed by atoms with Crippen molar-refractivity contribution in [2.75, 3.05) is 7.11 Å². The monoisotopic (exact) mass is 324 g/mol. The average molecular weight is 324 g/mol. The van der Waals surface area contributed by atoms with Gasteiger partial charge < -0.3 is 14.0 Å². The molecule has 1 aromatic heterocycles. The first-order valence-electron chi connectivity index (χ1n) is 8.03. The lowest BCUT2D eigenvalue weighted by atomic mass is 9.82. The zero-order chi connectivity index (χ0) is 17.1. The van der Waals surface area contributed by atoms with Crippen molar-refractivity contribution < 1.29 is 14.3 Å². The van der Waals surface area contributed by atoms with E-state index in [1.54, 1.807) is 7.11 Å². The molecule has 5 heteroatoms. The van der Waals surface area contributed by atoms with Crippen molar-refractivity contribution in [1.82, 2.24) is 9.55 Å². The fourth-order valence-electron chi connectivity index (χ4n) is 4.15. The summed E-state index contributed by atoms with van der Waals surface area (Å²) in [6, 6.07) is 6.16. The van der Waals surface area contributed by atoms with Gasteiger partial charge in [0.1, 0.15) is 17.6 Å². The van der Waals surface area contributed by atoms with E-state index in [2.05, 4.69) is 35.5 Å². The van der Waals surface area contributed by atoms with Gasteiger partial charge in [0, 0.05) is 12.3 Å². The van der Waals surface area contributed by atoms with Crippen LogP contribution in [-0.2, 0) is 14.3 Å². The van der Waals surface area contributed by atoms with Gasteiger partial charge in [-0.1, -0.05) is 32.0 Å². The summed E-state index contributed by atoms with van der Waals surface area (Å²) < 4.78 is 13.5. The summed E-state index contributed by atoms with van der Waals surface area (Å²) >= 11 is 0. The predicted molar refractivity (Wildman–Crippen MR) is 90.0 cm³/mol. The van der Waals surface area contributed by atoms with Crippen molar-refractivity contribution in [3.63, 3.8) is 0 Å². The van der Waals surface area contributed by atoms with Gasteiger partial charge in [-0.05, 0) is 22.8 Å². The Balaban J connectivity index is 2.03. The highest BCUT2D eigenvalue weighted by Gasteiger charge is 2.52. The van der Waals surface area contributed by atoms with Gasteiger partial charge in [0.05, 0.1) is 25.7 Å². The molecule has 124 valence electrons. The molecule has 0 saturated heterocycles. The zero-order valence-electron chi connectivity index (χ0n) is 14.2. The number of methoxy groups -OCH3 is 1. The molecule has 0 radical (unpaired) electrons. The summed E-state index contributed by atoms with van der Waals surface area (Å²) in [5.74, 6) is 0.524. The Hall–Kier alpha value is -2.56. The highest BCUT2D eigenvalue weighted by molar-refractivity contribution is 5.80. The molecule has 0 spiro atoms. The van der Waals surface area contributed by atoms with Gasteiger partial charge in [0.25, 0.3) is 0 Å². The number of benzene rings is 1. The number of aromatic nitrogens is 2. The molecule has 0 bridgehead atoms. The SMILES string of the molecule is COC1=Cc2cccc3c2C(n2cncc21)C(C)(C)C3OC(C)=O. The van der Waals surface area contributed by atoms with Crippen LogP contribution in [0, 0.1) is 5.41 Å². The van der Waals surface area contributed by atoms with Crippen LogP contribution < -0.4 is 0 Å². The predicted octanol–water partition coefficient (Wildman–Crippen LogP) is 3.57. The maximum absolute atomic E-state index is 11.7. The third-order valence-corrected chi connectivity index (χ3v) is 5.10. The van der Waals surface area contributed by atoms with Gasteiger partial charge in [0.15, 0.2) is 0 Å². The molecule has 0 amide bonds. The van der Waals surface area contributed by atoms with E-state index in [1.165, 1.54) is 12.5 Å². The van der Waals surface area contributed by atoms with Crippen molar-refractivity contribution >= 4 is 17.8 Å². The lowest BCUT2D eigenvalue weighted by Crippen LogP contribution is -2.30. The number of ether oxygens (including phenoxy) is 2. The van der Waals surface area contributed by atoms with E-state index in [0.29, 0.717) is 0 Å². The summed E-state index contributed by atoms with van der Waals surface area (Å²) in [7, 11) is 1.67. The molecule has 0 fully saturated rings. The van der Waals surface area contributed by atoms with E-state index in [9.17, 15) is 4.79 Å². The first-order chi connectivity index (χ1) is 11.4. The first-order valence-corrected chi connectivity index (χ1v) is 8.03. The molecule has 1 aliphatic heterocycles. The number of rotatable bonds is 2. The molecule has 0 N–H and O–H groups in total. The average Bonchev–Trinajstić information content (AvgIpc) is 3.03. The van der Waals surface area contributed by atoms with Crippen molar-refractivity contribution in [1.29, 1.82) is 0 Å². The molecular weight excluding hydrogens is 304 g/mol. The van der Waals surface area contributed by atoms with Crippen LogP contribution in [0.25, 0.3) is 11.8 Å². The fourth-order valence-corrected chi connectivity index (χ4v) is 4.15. The normalized spacial score (nSPS) is 22.9. The minimum atomic E-state index is -0.309. The minimum absolute atomic E-state index is 0.0226. The van der Waals surface area contributed by atoms with Gasteiger partial charge in [0.2, 0.25) is 0 Å². The highest BCUT2D eigenvalue weighted by atomic mass is 16.5. The topological polar surface area (TPSA) is 53.4 Å². The summed E-state index contributed by atoms with van der Waals surface area (Å²) in [6.07, 6.45) is 5.40. The smallest absolute Gasteiger partial charge is 0.303 e. The molecule has 5 nitrogen and oxygen atoms in total. The van der Waals surface area contributed by atoms with E-state index in [-0.39, 0.29) is 23.5 Å². The molecule has 2 atom stereocenters. The quantitative estimate of drug-likeness (QED) is 0.793. The number of fused-ring (bicyclic) bond motifs is 2. The third-order valence-electron chi connectivity index (χ3n) is 5.10. The first kappa shape index (κ1) is 15.0. The second-order valence-electron chi connectivity index (χ2n) is 6.96. The maximum Gasteiger partial charge on any atom is 0.303 e. The van der Waals surface area contributed by atoms with Gasteiger partial charge in [-0.15, -0.1) is 0 Å². The number of hydrogen-bond acceptors (Lipinski definition) is 4. The minimum Gasteiger partial charge on any atom is -0.494 e. The Kier molecular flexibility index (Phi) is 3.10. The van der Waals surface area contributed by atoms with Crippen LogP contribution in [-0.4, -0.2) is 22.6 Å². The van der Waals surface area contributed by atoms with Crippen molar-refractivity contribution in [3.8, 4) is 0 Å². The van der Waals surface area contributed by atoms with E-state index in [1.807, 2.05) is 24.7 Å². The number of carbonyl (C=O) groups is 1. The molecule has 2 unspecified atom stereocenters. The van der Waals surface area contributed by atoms with Crippen LogP contribution in [0.2, 0.25) is 0 Å². The van der Waals surface area contributed by atoms with Crippen LogP contribution >= 0.6 is 0 Å². The molecule has 2 aromatic rings. The fraction of sp³-hybridized carbons (Fsp3) is 0.368. The van der Waals surface area contributed by atoms with Crippen molar-refractivity contribution in [2.24, 2.45) is 5.41 Å². The molecule has 2 heterocycles. The van der Waals surface area contributed by atoms with E-state index >= 15 is 0 Å². The van der Waals surface area contributed by atoms with E-state index < -0.39 is 0 Å². The van der Waals surface area contributed by atoms with Gasteiger partial charge in [-0.2, -0.15) is 0 Å². The van der Waals surface area contributed by atoms with Crippen molar-refractivity contribution in [2.45, 2.75) is 32.9 Å². The number of esters is 1. The summed E-state index contributed by atoms with van der Waals surface area (Å²) in [5, 5.41) is 0. The number of hydrogen-bond donors (Lipinski definition) is 0. The molecule has 0 saturated carbocycles. The van der Waals surface area contributed by atoms with Crippen LogP contribution in [0.1, 0.15) is 55.3 Å². The second kappa shape index (κ2) is 4.97. The van der Waals surface area contributed by atoms with Crippen LogP contribution in [0.3, 0.4) is 0 Å². The van der Waals surface area contributed by atoms with E-state index in [4.69, 9.17) is 9.47 Å². The maximum atomic E-state index is 11.7. The Morgan fingerprint density at radius 2 is 2.12 bits per heavy atom. The molecular formula is C19H20N2O3. The molecule has 1 aliphatic carbocycles. The van der Waals surface area contributed by atoms with Gasteiger partial charge in [-0.3, -0.25) is 4.79 Å². The lowest BCUT2D eigenvalue weighted by Gasteiger charge is -2.34. The lowest BCUT2D eigenvalue weighted by molar-refractivity contribution is -0.153. The molecule has 2 aliphatic rings. The van der Waals surface area contributed by atoms with E-state index in [0.717, 1.165) is 22.6 Å². The molecule has 24 heavy (non-hydrogen) atoms. The van der Waals surface area contributed by atoms with Gasteiger partial charge >= 0.3 is 5.97 Å². The molecule has 1 aromatic carbocycles. The Labute approximate surface area is 140 Å². The summed E-state index contributed by atoms with van der Waals surface area (Å²) in [4.78, 5) is 16.0. The zero-order valence-corrected chi connectivity index (χ0v) is 14.2. The Morgan fingerprint density at radius 1 is 1.33 bits per heavy atom. The second-order valence-corrected chi connectivity index (χ2v) is 6.96. The van der Waals surface area contributed by atoms with Crippen LogP contribution in [0.5, 0.6) is 0 Å². The van der Waals surface area contributed by atoms with Crippen molar-refractivity contribution in [3.05, 3.63) is 53.1 Å². The highest BCUT2D eigenvalue weighted by Crippen LogP contribution is 2.58. The number of carbonyl (C=O) groups excluding carboxylic acids is 1. The Bertz CT molecular complexity index is 863. The Morgan fingerprint density at radius 3 is 2.83 bits per heavy atom. The van der Waals surface area contributed by atoms with Crippen LogP contribution in [0.15, 0.2) is 30.7 Å². The summed E-state index contributed by atoms with van der Waals surface area (Å²) in [5.41, 5.74) is 3.96. The largest absolute Gasteiger partial charge is 0.494 e. The van der Waals surface area contributed by atoms with Gasteiger partial charge in [-0.25, -0.2) is 4.98 Å². The third kappa shape index (κ3) is 1.87. The standard InChI is InChI=1S/C19H20N2O3/c1-11(22)24-18-13-7-5-6-12-8-15(23-4)14-9-20-10-21(14)17(16(12)13)19(18,2)3/h5-10,17-18H,1-4H3. The molecule has 4 rings (SSSR count). The number of nitrogens with zero attached hydrogens (tertiary/aromatic N) is 2. The summed E-state index contributed by atoms with van der Waals surface area (Å²) in [6.45, 7) is 5.73.